The Hall–Kier alpha value is -3.11. The number of carbonyl (C=O) groups is 1. The predicted molar refractivity (Wildman–Crippen MR) is 154 cm³/mol. The second-order valence-electron chi connectivity index (χ2n) is 9.36. The van der Waals surface area contributed by atoms with E-state index in [1.54, 1.807) is 0 Å². The molecule has 5 rings (SSSR count). The highest BCUT2D eigenvalue weighted by atomic mass is 35.5. The first-order chi connectivity index (χ1) is 17.7. The maximum absolute atomic E-state index is 13.5. The molecule has 4 aromatic rings. The van der Waals surface area contributed by atoms with Gasteiger partial charge < -0.3 is 4.90 Å². The normalized spacial score (nSPS) is 14.7. The molecule has 0 bridgehead atoms. The van der Waals surface area contributed by atoms with E-state index < -0.39 is 0 Å². The van der Waals surface area contributed by atoms with Crippen LogP contribution in [-0.4, -0.2) is 41.9 Å². The minimum Gasteiger partial charge on any atom is -0.340 e. The van der Waals surface area contributed by atoms with Crippen LogP contribution in [-0.2, 0) is 4.79 Å². The Morgan fingerprint density at radius 1 is 0.622 bits per heavy atom. The fourth-order valence-corrected chi connectivity index (χ4v) is 5.35. The number of carbonyl (C=O) groups excluding carboxylic acids is 1. The highest BCUT2D eigenvalue weighted by Gasteiger charge is 2.29. The van der Waals surface area contributed by atoms with Crippen molar-refractivity contribution in [2.75, 3.05) is 26.2 Å². The summed E-state index contributed by atoms with van der Waals surface area (Å²) in [6.07, 6.45) is 0.479. The average Bonchev–Trinajstić information content (AvgIpc) is 2.95. The van der Waals surface area contributed by atoms with Gasteiger partial charge in [0, 0.05) is 43.5 Å². The molecule has 1 aliphatic rings. The molecule has 0 saturated carbocycles. The van der Waals surface area contributed by atoms with E-state index in [-0.39, 0.29) is 30.3 Å². The first-order valence-corrected chi connectivity index (χ1v) is 13.0. The molecular weight excluding hydrogens is 499 g/mol. The standard InChI is InChI=1S/C32H31ClN2O.ClH/c33-29-18-16-28(17-19-29)32(27-14-8-3-9-15-27)35-22-20-34(21-23-35)31(36)24-30(25-10-4-1-5-11-25)26-12-6-2-7-13-26;/h1-19,30,32H,20-24H2;1H. The lowest BCUT2D eigenvalue weighted by molar-refractivity contribution is -0.133. The van der Waals surface area contributed by atoms with Crippen LogP contribution < -0.4 is 0 Å². The van der Waals surface area contributed by atoms with Crippen LogP contribution in [0.1, 0.15) is 40.6 Å². The monoisotopic (exact) mass is 530 g/mol. The van der Waals surface area contributed by atoms with Crippen LogP contribution in [0.5, 0.6) is 0 Å². The summed E-state index contributed by atoms with van der Waals surface area (Å²) in [7, 11) is 0. The molecule has 1 atom stereocenters. The topological polar surface area (TPSA) is 23.6 Å². The van der Waals surface area contributed by atoms with Crippen LogP contribution in [0.15, 0.2) is 115 Å². The predicted octanol–water partition coefficient (Wildman–Crippen LogP) is 7.22. The number of benzene rings is 4. The molecule has 1 saturated heterocycles. The van der Waals surface area contributed by atoms with Gasteiger partial charge in [0.15, 0.2) is 0 Å². The molecule has 0 spiro atoms. The molecule has 190 valence electrons. The fraction of sp³-hybridized carbons (Fsp3) is 0.219. The molecule has 1 fully saturated rings. The fourth-order valence-electron chi connectivity index (χ4n) is 5.23. The van der Waals surface area contributed by atoms with E-state index in [9.17, 15) is 4.79 Å². The van der Waals surface area contributed by atoms with Gasteiger partial charge in [0.25, 0.3) is 0 Å². The Labute approximate surface area is 231 Å². The molecule has 1 aliphatic heterocycles. The summed E-state index contributed by atoms with van der Waals surface area (Å²) in [6, 6.07) is 39.6. The number of halogens is 2. The van der Waals surface area contributed by atoms with E-state index >= 15 is 0 Å². The largest absolute Gasteiger partial charge is 0.340 e. The minimum absolute atomic E-state index is 0. The Morgan fingerprint density at radius 2 is 1.05 bits per heavy atom. The van der Waals surface area contributed by atoms with Crippen LogP contribution >= 0.6 is 24.0 Å². The third-order valence-corrected chi connectivity index (χ3v) is 7.37. The molecule has 0 aromatic heterocycles. The molecule has 37 heavy (non-hydrogen) atoms. The third-order valence-electron chi connectivity index (χ3n) is 7.12. The van der Waals surface area contributed by atoms with Crippen molar-refractivity contribution in [1.82, 2.24) is 9.80 Å². The summed E-state index contributed by atoms with van der Waals surface area (Å²) in [5.74, 6) is 0.277. The Kier molecular flexibility index (Phi) is 9.40. The summed E-state index contributed by atoms with van der Waals surface area (Å²) in [4.78, 5) is 18.0. The van der Waals surface area contributed by atoms with Gasteiger partial charge in [-0.2, -0.15) is 0 Å². The zero-order chi connectivity index (χ0) is 24.7. The van der Waals surface area contributed by atoms with Gasteiger partial charge in [0.1, 0.15) is 0 Å². The Bertz CT molecular complexity index is 1200. The maximum Gasteiger partial charge on any atom is 0.223 e. The van der Waals surface area contributed by atoms with E-state index in [1.165, 1.54) is 22.3 Å². The zero-order valence-electron chi connectivity index (χ0n) is 20.7. The quantitative estimate of drug-likeness (QED) is 0.252. The van der Waals surface area contributed by atoms with E-state index in [4.69, 9.17) is 11.6 Å². The van der Waals surface area contributed by atoms with Gasteiger partial charge in [-0.25, -0.2) is 0 Å². The number of nitrogens with zero attached hydrogens (tertiary/aromatic N) is 2. The molecule has 1 unspecified atom stereocenters. The van der Waals surface area contributed by atoms with Crippen LogP contribution in [0.2, 0.25) is 5.02 Å². The van der Waals surface area contributed by atoms with Crippen molar-refractivity contribution in [1.29, 1.82) is 0 Å². The van der Waals surface area contributed by atoms with Crippen molar-refractivity contribution >= 4 is 29.9 Å². The van der Waals surface area contributed by atoms with Crippen molar-refractivity contribution in [2.24, 2.45) is 0 Å². The number of hydrogen-bond donors (Lipinski definition) is 0. The Balaban J connectivity index is 0.00000320. The number of rotatable bonds is 7. The summed E-state index contributed by atoms with van der Waals surface area (Å²) >= 11 is 6.17. The number of amides is 1. The number of hydrogen-bond acceptors (Lipinski definition) is 2. The molecule has 1 heterocycles. The SMILES string of the molecule is Cl.O=C(CC(c1ccccc1)c1ccccc1)N1CCN(C(c2ccccc2)c2ccc(Cl)cc2)CC1. The second kappa shape index (κ2) is 12.9. The molecule has 0 aliphatic carbocycles. The molecular formula is C32H32Cl2N2O. The van der Waals surface area contributed by atoms with Gasteiger partial charge in [-0.1, -0.05) is 115 Å². The van der Waals surface area contributed by atoms with Crippen molar-refractivity contribution in [3.8, 4) is 0 Å². The van der Waals surface area contributed by atoms with E-state index in [2.05, 4.69) is 95.9 Å². The Morgan fingerprint density at radius 3 is 1.54 bits per heavy atom. The van der Waals surface area contributed by atoms with Gasteiger partial charge in [-0.05, 0) is 34.4 Å². The minimum atomic E-state index is 0. The lowest BCUT2D eigenvalue weighted by Gasteiger charge is -2.40. The summed E-state index contributed by atoms with van der Waals surface area (Å²) in [5.41, 5.74) is 4.84. The zero-order valence-corrected chi connectivity index (χ0v) is 22.3. The molecule has 1 amide bonds. The first-order valence-electron chi connectivity index (χ1n) is 12.6. The summed E-state index contributed by atoms with van der Waals surface area (Å²) in [5, 5.41) is 0.743. The lowest BCUT2D eigenvalue weighted by Crippen LogP contribution is -2.50. The third kappa shape index (κ3) is 6.61. The summed E-state index contributed by atoms with van der Waals surface area (Å²) < 4.78 is 0. The molecule has 0 radical (unpaired) electrons. The van der Waals surface area contributed by atoms with Crippen molar-refractivity contribution in [3.63, 3.8) is 0 Å². The smallest absolute Gasteiger partial charge is 0.223 e. The molecule has 5 heteroatoms. The highest BCUT2D eigenvalue weighted by Crippen LogP contribution is 2.32. The second-order valence-corrected chi connectivity index (χ2v) is 9.80. The van der Waals surface area contributed by atoms with Crippen LogP contribution in [0, 0.1) is 0 Å². The summed E-state index contributed by atoms with van der Waals surface area (Å²) in [6.45, 7) is 3.11. The number of piperazine rings is 1. The van der Waals surface area contributed by atoms with Crippen LogP contribution in [0.3, 0.4) is 0 Å². The molecule has 0 N–H and O–H groups in total. The van der Waals surface area contributed by atoms with Gasteiger partial charge in [0.05, 0.1) is 6.04 Å². The van der Waals surface area contributed by atoms with E-state index in [0.29, 0.717) is 6.42 Å². The first kappa shape index (κ1) is 26.9. The van der Waals surface area contributed by atoms with Crippen LogP contribution in [0.4, 0.5) is 0 Å². The van der Waals surface area contributed by atoms with Crippen molar-refractivity contribution < 1.29 is 4.79 Å². The maximum atomic E-state index is 13.5. The van der Waals surface area contributed by atoms with Crippen LogP contribution in [0.25, 0.3) is 0 Å². The molecule has 4 aromatic carbocycles. The van der Waals surface area contributed by atoms with Gasteiger partial charge in [-0.3, -0.25) is 9.69 Å². The van der Waals surface area contributed by atoms with Gasteiger partial charge >= 0.3 is 0 Å². The lowest BCUT2D eigenvalue weighted by atomic mass is 9.88. The molecule has 3 nitrogen and oxygen atoms in total. The highest BCUT2D eigenvalue weighted by molar-refractivity contribution is 6.30. The van der Waals surface area contributed by atoms with E-state index in [0.717, 1.165) is 31.2 Å². The van der Waals surface area contributed by atoms with Crippen molar-refractivity contribution in [3.05, 3.63) is 143 Å². The van der Waals surface area contributed by atoms with Gasteiger partial charge in [0.2, 0.25) is 5.91 Å². The van der Waals surface area contributed by atoms with Gasteiger partial charge in [-0.15, -0.1) is 12.4 Å². The van der Waals surface area contributed by atoms with E-state index in [1.807, 2.05) is 29.2 Å². The average molecular weight is 532 g/mol. The van der Waals surface area contributed by atoms with Crippen molar-refractivity contribution in [2.45, 2.75) is 18.4 Å².